The molecule has 0 saturated heterocycles. The summed E-state index contributed by atoms with van der Waals surface area (Å²) in [6.07, 6.45) is 0. The fourth-order valence-corrected chi connectivity index (χ4v) is 4.16. The van der Waals surface area contributed by atoms with Gasteiger partial charge in [0.15, 0.2) is 0 Å². The molecule has 0 bridgehead atoms. The number of nitrogens with zero attached hydrogens (tertiary/aromatic N) is 3. The summed E-state index contributed by atoms with van der Waals surface area (Å²) in [5.74, 6) is 0. The summed E-state index contributed by atoms with van der Waals surface area (Å²) in [6, 6.07) is 23.0. The summed E-state index contributed by atoms with van der Waals surface area (Å²) < 4.78 is 4.00. The van der Waals surface area contributed by atoms with E-state index in [0.717, 1.165) is 34.2 Å². The maximum atomic E-state index is 5.01. The second-order valence-corrected chi connectivity index (χ2v) is 12.8. The molecule has 0 aliphatic heterocycles. The molecule has 0 aliphatic rings. The summed E-state index contributed by atoms with van der Waals surface area (Å²) in [4.78, 5) is 5.01. The first-order valence-corrected chi connectivity index (χ1v) is 15.2. The molecule has 0 unspecified atom stereocenters. The van der Waals surface area contributed by atoms with Crippen LogP contribution in [0.15, 0.2) is 66.7 Å². The molecule has 0 amide bonds. The Balaban J connectivity index is 0.00000153. The van der Waals surface area contributed by atoms with Crippen molar-refractivity contribution < 1.29 is 22.3 Å². The van der Waals surface area contributed by atoms with Crippen molar-refractivity contribution in [2.45, 2.75) is 66.2 Å². The second kappa shape index (κ2) is 13.0. The van der Waals surface area contributed by atoms with Crippen molar-refractivity contribution in [3.63, 3.8) is 0 Å². The van der Waals surface area contributed by atoms with Gasteiger partial charge in [-0.1, -0.05) is 84.0 Å². The van der Waals surface area contributed by atoms with Gasteiger partial charge >= 0.3 is 33.3 Å². The van der Waals surface area contributed by atoms with Gasteiger partial charge < -0.3 is 9.15 Å². The van der Waals surface area contributed by atoms with Crippen LogP contribution in [0.5, 0.6) is 0 Å². The van der Waals surface area contributed by atoms with Crippen LogP contribution in [-0.4, -0.2) is 25.6 Å². The standard InChI is InChI=1S/C31H39N3.2ClH.Fe/c1-22(33(9)28-20-13-11-16-24(28)30(3,4)5)26-18-15-19-27(32-26)23(2)34(10)29-21-14-12-17-25(29)31(6,7)8;;;/h11-21H,9-10H2,1-8H3;2*1H;/q;;;+2/p-2. The molecule has 1 aromatic heterocycles. The van der Waals surface area contributed by atoms with Crippen molar-refractivity contribution >= 4 is 43.0 Å². The van der Waals surface area contributed by atoms with E-state index in [1.54, 1.807) is 0 Å². The average Bonchev–Trinajstić information content (AvgIpc) is 2.86. The third-order valence-electron chi connectivity index (χ3n) is 6.31. The zero-order chi connectivity index (χ0) is 28.0. The van der Waals surface area contributed by atoms with Gasteiger partial charge in [-0.05, 0) is 60.1 Å². The van der Waals surface area contributed by atoms with Crippen molar-refractivity contribution in [1.29, 1.82) is 0 Å². The van der Waals surface area contributed by atoms with E-state index in [1.165, 1.54) is 11.1 Å². The summed E-state index contributed by atoms with van der Waals surface area (Å²) in [5.41, 5.74) is 8.52. The zero-order valence-electron chi connectivity index (χ0n) is 23.2. The van der Waals surface area contributed by atoms with Gasteiger partial charge in [0.2, 0.25) is 0 Å². The quantitative estimate of drug-likeness (QED) is 0.131. The van der Waals surface area contributed by atoms with E-state index in [0.29, 0.717) is 0 Å². The van der Waals surface area contributed by atoms with Crippen LogP contribution in [0, 0.1) is 14.1 Å². The number of aromatic nitrogens is 1. The molecule has 0 atom stereocenters. The monoisotopic (exact) mass is 579 g/mol. The van der Waals surface area contributed by atoms with Crippen LogP contribution >= 0.6 is 20.2 Å². The van der Waals surface area contributed by atoms with Crippen LogP contribution in [-0.2, 0) is 24.0 Å². The number of halogens is 2. The van der Waals surface area contributed by atoms with Gasteiger partial charge in [0, 0.05) is 14.1 Å². The fourth-order valence-electron chi connectivity index (χ4n) is 4.16. The van der Waals surface area contributed by atoms with Gasteiger partial charge in [0.25, 0.3) is 0 Å². The SMILES string of the molecule is [CH2-][N+](=C(C)c1cccc(C(C)=[N+]([CH2-])c2ccccc2C(C)(C)C)n1)c1ccccc1C(C)(C)C.[Cl][Fe][Cl]. The fraction of sp³-hybridized carbons (Fsp3) is 0.323. The molecule has 37 heavy (non-hydrogen) atoms. The minimum atomic E-state index is 0.0152. The Morgan fingerprint density at radius 2 is 0.973 bits per heavy atom. The molecular weight excluding hydrogens is 541 g/mol. The van der Waals surface area contributed by atoms with Crippen LogP contribution in [0.4, 0.5) is 11.4 Å². The Kier molecular flexibility index (Phi) is 10.9. The average molecular weight is 580 g/mol. The Morgan fingerprint density at radius 1 is 0.649 bits per heavy atom. The molecule has 0 aliphatic carbocycles. The van der Waals surface area contributed by atoms with E-state index in [2.05, 4.69) is 124 Å². The van der Waals surface area contributed by atoms with E-state index in [4.69, 9.17) is 25.2 Å². The van der Waals surface area contributed by atoms with E-state index >= 15 is 0 Å². The van der Waals surface area contributed by atoms with Crippen molar-refractivity contribution in [3.05, 3.63) is 103 Å². The number of hydrogen-bond donors (Lipinski definition) is 0. The Bertz CT molecular complexity index is 1190. The predicted molar refractivity (Wildman–Crippen MR) is 156 cm³/mol. The summed E-state index contributed by atoms with van der Waals surface area (Å²) >= 11 is 0.194. The molecule has 6 heteroatoms. The first-order chi connectivity index (χ1) is 17.2. The van der Waals surface area contributed by atoms with Gasteiger partial charge in [-0.25, -0.2) is 0 Å². The summed E-state index contributed by atoms with van der Waals surface area (Å²) in [7, 11) is 18.3. The maximum absolute atomic E-state index is 5.01. The molecule has 1 heterocycles. The molecule has 3 aromatic rings. The second-order valence-electron chi connectivity index (χ2n) is 11.0. The van der Waals surface area contributed by atoms with E-state index in [9.17, 15) is 0 Å². The normalized spacial score (nSPS) is 13.4. The molecule has 0 spiro atoms. The third kappa shape index (κ3) is 7.88. The molecule has 2 aromatic carbocycles. The molecule has 3 rings (SSSR count). The number of hydrogen-bond acceptors (Lipinski definition) is 1. The first-order valence-electron chi connectivity index (χ1n) is 12.1. The van der Waals surface area contributed by atoms with E-state index < -0.39 is 0 Å². The molecule has 0 radical (unpaired) electrons. The predicted octanol–water partition coefficient (Wildman–Crippen LogP) is 8.94. The Hall–Kier alpha value is -2.23. The van der Waals surface area contributed by atoms with Gasteiger partial charge in [0.1, 0.15) is 22.8 Å². The van der Waals surface area contributed by atoms with Gasteiger partial charge in [0.05, 0.1) is 11.4 Å². The molecule has 200 valence electrons. The van der Waals surface area contributed by atoms with Gasteiger partial charge in [-0.15, -0.1) is 0 Å². The van der Waals surface area contributed by atoms with Gasteiger partial charge in [-0.2, -0.15) is 0 Å². The zero-order valence-corrected chi connectivity index (χ0v) is 25.8. The molecular formula is C31H39Cl2FeN3. The Labute approximate surface area is 238 Å². The molecule has 0 saturated carbocycles. The minimum absolute atomic E-state index is 0.0152. The van der Waals surface area contributed by atoms with Crippen molar-refractivity contribution in [3.8, 4) is 0 Å². The van der Waals surface area contributed by atoms with E-state index in [-0.39, 0.29) is 24.0 Å². The first kappa shape index (κ1) is 31.0. The van der Waals surface area contributed by atoms with Crippen molar-refractivity contribution in [1.82, 2.24) is 4.98 Å². The number of pyridine rings is 1. The molecule has 0 N–H and O–H groups in total. The number of rotatable bonds is 4. The summed E-state index contributed by atoms with van der Waals surface area (Å²) in [6.45, 7) is 17.5. The van der Waals surface area contributed by atoms with E-state index in [1.807, 2.05) is 21.3 Å². The third-order valence-corrected chi connectivity index (χ3v) is 6.31. The van der Waals surface area contributed by atoms with Gasteiger partial charge in [-0.3, -0.25) is 4.98 Å². The van der Waals surface area contributed by atoms with Crippen LogP contribution in [0.25, 0.3) is 0 Å². The van der Waals surface area contributed by atoms with Crippen molar-refractivity contribution in [2.75, 3.05) is 0 Å². The number of benzene rings is 2. The van der Waals surface area contributed by atoms with Crippen LogP contribution in [0.3, 0.4) is 0 Å². The molecule has 3 nitrogen and oxygen atoms in total. The number of para-hydroxylation sites is 2. The summed E-state index contributed by atoms with van der Waals surface area (Å²) in [5, 5.41) is 0. The molecule has 0 fully saturated rings. The van der Waals surface area contributed by atoms with Crippen LogP contribution in [0.2, 0.25) is 0 Å². The van der Waals surface area contributed by atoms with Crippen molar-refractivity contribution in [2.24, 2.45) is 0 Å². The van der Waals surface area contributed by atoms with Crippen LogP contribution in [0.1, 0.15) is 77.9 Å². The topological polar surface area (TPSA) is 18.9 Å². The Morgan fingerprint density at radius 3 is 1.30 bits per heavy atom. The van der Waals surface area contributed by atoms with Crippen LogP contribution < -0.4 is 0 Å².